The number of rotatable bonds is 0. The molecule has 0 atom stereocenters. The van der Waals surface area contributed by atoms with Gasteiger partial charge >= 0.3 is 0 Å². The first kappa shape index (κ1) is 14.2. The van der Waals surface area contributed by atoms with Gasteiger partial charge in [0.2, 0.25) is 0 Å². The Morgan fingerprint density at radius 2 is 2.06 bits per heavy atom. The molecule has 2 aromatic rings. The molecule has 0 bridgehead atoms. The lowest BCUT2D eigenvalue weighted by Crippen LogP contribution is -2.04. The lowest BCUT2D eigenvalue weighted by atomic mass is 10.2. The van der Waals surface area contributed by atoms with Crippen LogP contribution in [0.1, 0.15) is 12.5 Å². The number of nitrogens with two attached hydrogens (primary N) is 1. The van der Waals surface area contributed by atoms with E-state index >= 15 is 0 Å². The van der Waals surface area contributed by atoms with E-state index in [1.54, 1.807) is 31.2 Å². The predicted molar refractivity (Wildman–Crippen MR) is 78.0 cm³/mol. The van der Waals surface area contributed by atoms with Crippen LogP contribution in [0.25, 0.3) is 10.9 Å². The number of hydrogen-bond donors (Lipinski definition) is 1. The molecule has 1 aromatic carbocycles. The third kappa shape index (κ3) is 3.08. The van der Waals surface area contributed by atoms with Crippen molar-refractivity contribution in [1.29, 1.82) is 0 Å². The Labute approximate surface area is 111 Å². The second kappa shape index (κ2) is 6.17. The van der Waals surface area contributed by atoms with E-state index in [1.165, 1.54) is 6.20 Å². The van der Waals surface area contributed by atoms with Crippen LogP contribution in [0.15, 0.2) is 41.8 Å². The van der Waals surface area contributed by atoms with Crippen LogP contribution in [0.2, 0.25) is 5.02 Å². The normalized spacial score (nSPS) is 9.50. The molecule has 0 aliphatic rings. The van der Waals surface area contributed by atoms with E-state index in [-0.39, 0.29) is 5.43 Å². The molecule has 0 radical (unpaired) electrons. The second-order valence-electron chi connectivity index (χ2n) is 3.74. The maximum atomic E-state index is 11.9. The van der Waals surface area contributed by atoms with E-state index < -0.39 is 0 Å². The summed E-state index contributed by atoms with van der Waals surface area (Å²) in [6.07, 6.45) is 3.26. The van der Waals surface area contributed by atoms with E-state index in [2.05, 4.69) is 11.6 Å². The van der Waals surface area contributed by atoms with Crippen LogP contribution in [0.3, 0.4) is 0 Å². The van der Waals surface area contributed by atoms with Crippen LogP contribution in [0, 0.1) is 6.92 Å². The van der Waals surface area contributed by atoms with Crippen molar-refractivity contribution in [3.05, 3.63) is 57.9 Å². The Hall–Kier alpha value is -1.87. The van der Waals surface area contributed by atoms with Crippen molar-refractivity contribution in [3.63, 3.8) is 0 Å². The number of fused-ring (bicyclic) bond motifs is 1. The zero-order valence-electron chi connectivity index (χ0n) is 10.4. The van der Waals surface area contributed by atoms with Gasteiger partial charge in [-0.15, -0.1) is 6.58 Å². The summed E-state index contributed by atoms with van der Waals surface area (Å²) in [4.78, 5) is 16.0. The standard InChI is InChI=1S/C11H9ClN2O.C3H6/c1-6-9(13)2-3-10-8(11(6)15)4-7(12)5-14-10;1-3-2/h2-5H,13H2,1H3;3H,1H2,2H3. The highest BCUT2D eigenvalue weighted by atomic mass is 35.5. The highest BCUT2D eigenvalue weighted by molar-refractivity contribution is 6.31. The van der Waals surface area contributed by atoms with Crippen molar-refractivity contribution in [2.75, 3.05) is 5.73 Å². The van der Waals surface area contributed by atoms with Gasteiger partial charge < -0.3 is 5.73 Å². The molecule has 18 heavy (non-hydrogen) atoms. The second-order valence-corrected chi connectivity index (χ2v) is 4.17. The van der Waals surface area contributed by atoms with Crippen molar-refractivity contribution in [2.24, 2.45) is 0 Å². The van der Waals surface area contributed by atoms with E-state index in [0.717, 1.165) is 0 Å². The lowest BCUT2D eigenvalue weighted by Gasteiger charge is -1.92. The molecule has 1 aromatic heterocycles. The van der Waals surface area contributed by atoms with Crippen LogP contribution in [-0.4, -0.2) is 4.98 Å². The molecular weight excluding hydrogens is 248 g/mol. The van der Waals surface area contributed by atoms with Crippen molar-refractivity contribution >= 4 is 28.2 Å². The van der Waals surface area contributed by atoms with Gasteiger partial charge in [0.05, 0.1) is 10.5 Å². The number of pyridine rings is 1. The number of hydrogen-bond acceptors (Lipinski definition) is 3. The minimum Gasteiger partial charge on any atom is -0.398 e. The number of anilines is 1. The molecule has 0 spiro atoms. The van der Waals surface area contributed by atoms with Crippen LogP contribution in [0.4, 0.5) is 5.69 Å². The van der Waals surface area contributed by atoms with Crippen molar-refractivity contribution in [2.45, 2.75) is 13.8 Å². The highest BCUT2D eigenvalue weighted by Crippen LogP contribution is 2.15. The molecule has 0 aliphatic carbocycles. The summed E-state index contributed by atoms with van der Waals surface area (Å²) in [5.41, 5.74) is 7.16. The number of halogens is 1. The van der Waals surface area contributed by atoms with Gasteiger partial charge in [-0.05, 0) is 32.0 Å². The quantitative estimate of drug-likeness (QED) is 0.741. The maximum Gasteiger partial charge on any atom is 0.193 e. The number of allylic oxidation sites excluding steroid dienone is 1. The summed E-state index contributed by atoms with van der Waals surface area (Å²) in [5.74, 6) is 0. The molecule has 2 rings (SSSR count). The fraction of sp³-hybridized carbons (Fsp3) is 0.143. The largest absolute Gasteiger partial charge is 0.398 e. The van der Waals surface area contributed by atoms with Gasteiger partial charge in [-0.25, -0.2) is 0 Å². The van der Waals surface area contributed by atoms with Gasteiger partial charge in [-0.3, -0.25) is 9.78 Å². The Morgan fingerprint density at radius 3 is 2.67 bits per heavy atom. The number of nitrogen functional groups attached to an aromatic ring is 1. The molecule has 0 fully saturated rings. The SMILES string of the molecule is C=CC.Cc1c(N)ccc2ncc(Cl)cc2c1=O. The lowest BCUT2D eigenvalue weighted by molar-refractivity contribution is 1.41. The fourth-order valence-electron chi connectivity index (χ4n) is 1.39. The van der Waals surface area contributed by atoms with Crippen molar-refractivity contribution in [3.8, 4) is 0 Å². The molecule has 3 nitrogen and oxygen atoms in total. The van der Waals surface area contributed by atoms with Gasteiger partial charge in [0.1, 0.15) is 0 Å². The zero-order valence-corrected chi connectivity index (χ0v) is 11.2. The Morgan fingerprint density at radius 1 is 1.44 bits per heavy atom. The topological polar surface area (TPSA) is 56.0 Å². The van der Waals surface area contributed by atoms with E-state index in [9.17, 15) is 4.79 Å². The minimum atomic E-state index is -0.123. The molecular formula is C14H15ClN2O. The smallest absolute Gasteiger partial charge is 0.193 e. The highest BCUT2D eigenvalue weighted by Gasteiger charge is 2.03. The summed E-state index contributed by atoms with van der Waals surface area (Å²) < 4.78 is 0. The Kier molecular flexibility index (Phi) is 4.86. The third-order valence-electron chi connectivity index (χ3n) is 2.32. The van der Waals surface area contributed by atoms with Crippen LogP contribution in [0.5, 0.6) is 0 Å². The molecule has 0 saturated carbocycles. The van der Waals surface area contributed by atoms with Gasteiger partial charge in [-0.1, -0.05) is 17.7 Å². The Bertz CT molecular complexity index is 638. The summed E-state index contributed by atoms with van der Waals surface area (Å²) >= 11 is 5.79. The number of aromatic nitrogens is 1. The fourth-order valence-corrected chi connectivity index (χ4v) is 1.55. The summed E-state index contributed by atoms with van der Waals surface area (Å²) in [7, 11) is 0. The molecule has 94 valence electrons. The first-order chi connectivity index (χ1) is 8.51. The van der Waals surface area contributed by atoms with Gasteiger partial charge in [-0.2, -0.15) is 0 Å². The van der Waals surface area contributed by atoms with Gasteiger partial charge in [0.15, 0.2) is 5.43 Å². The van der Waals surface area contributed by atoms with Crippen LogP contribution >= 0.6 is 11.6 Å². The Balaban J connectivity index is 0.000000492. The molecule has 1 heterocycles. The molecule has 2 N–H and O–H groups in total. The monoisotopic (exact) mass is 262 g/mol. The van der Waals surface area contributed by atoms with E-state index in [0.29, 0.717) is 27.2 Å². The average Bonchev–Trinajstić information content (AvgIpc) is 2.44. The third-order valence-corrected chi connectivity index (χ3v) is 2.53. The summed E-state index contributed by atoms with van der Waals surface area (Å²) in [6, 6.07) is 5.01. The first-order valence-corrected chi connectivity index (χ1v) is 5.80. The zero-order chi connectivity index (χ0) is 13.7. The van der Waals surface area contributed by atoms with Crippen LogP contribution < -0.4 is 11.2 Å². The number of nitrogens with zero attached hydrogens (tertiary/aromatic N) is 1. The maximum absolute atomic E-state index is 11.9. The first-order valence-electron chi connectivity index (χ1n) is 5.43. The summed E-state index contributed by atoms with van der Waals surface area (Å²) in [5, 5.41) is 0.945. The summed E-state index contributed by atoms with van der Waals surface area (Å²) in [6.45, 7) is 6.94. The van der Waals surface area contributed by atoms with E-state index in [4.69, 9.17) is 17.3 Å². The van der Waals surface area contributed by atoms with Crippen molar-refractivity contribution in [1.82, 2.24) is 4.98 Å². The molecule has 0 aliphatic heterocycles. The molecule has 0 saturated heterocycles. The van der Waals surface area contributed by atoms with Gasteiger partial charge in [0, 0.05) is 22.8 Å². The van der Waals surface area contributed by atoms with Crippen molar-refractivity contribution < 1.29 is 0 Å². The minimum absolute atomic E-state index is 0.123. The molecule has 0 unspecified atom stereocenters. The average molecular weight is 263 g/mol. The van der Waals surface area contributed by atoms with Crippen LogP contribution in [-0.2, 0) is 0 Å². The molecule has 0 amide bonds. The van der Waals surface area contributed by atoms with E-state index in [1.807, 2.05) is 6.92 Å². The predicted octanol–water partition coefficient (Wildman–Crippen LogP) is 3.33. The van der Waals surface area contributed by atoms with Gasteiger partial charge in [0.25, 0.3) is 0 Å². The molecule has 4 heteroatoms.